The minimum absolute atomic E-state index is 0.0109. The maximum absolute atomic E-state index is 13.2. The summed E-state index contributed by atoms with van der Waals surface area (Å²) in [5.74, 6) is 2.67. The van der Waals surface area contributed by atoms with Crippen molar-refractivity contribution in [3.8, 4) is 5.75 Å². The molecule has 2 aliphatic heterocycles. The van der Waals surface area contributed by atoms with Crippen molar-refractivity contribution in [3.05, 3.63) is 41.5 Å². The molecule has 4 rings (SSSR count). The number of para-hydroxylation sites is 1. The lowest BCUT2D eigenvalue weighted by atomic mass is 10.1. The van der Waals surface area contributed by atoms with Gasteiger partial charge in [-0.25, -0.2) is 0 Å². The molecule has 0 radical (unpaired) electrons. The van der Waals surface area contributed by atoms with Gasteiger partial charge in [0.25, 0.3) is 5.91 Å². The number of amides is 1. The highest BCUT2D eigenvalue weighted by Gasteiger charge is 2.35. The maximum atomic E-state index is 13.2. The third kappa shape index (κ3) is 2.90. The molecule has 1 fully saturated rings. The fourth-order valence-electron chi connectivity index (χ4n) is 4.01. The van der Waals surface area contributed by atoms with Crippen LogP contribution in [0.5, 0.6) is 5.75 Å². The van der Waals surface area contributed by atoms with E-state index in [1.54, 1.807) is 7.11 Å². The Morgan fingerprint density at radius 2 is 2.00 bits per heavy atom. The summed E-state index contributed by atoms with van der Waals surface area (Å²) >= 11 is 0. The number of carbonyl (C=O) groups is 1. The summed E-state index contributed by atoms with van der Waals surface area (Å²) in [6.07, 6.45) is 6.49. The second kappa shape index (κ2) is 6.86. The lowest BCUT2D eigenvalue weighted by Crippen LogP contribution is -2.32. The molecular weight excluding hydrogens is 316 g/mol. The average molecular weight is 340 g/mol. The molecule has 132 valence electrons. The molecule has 1 aromatic carbocycles. The fraction of sp³-hybridized carbons (Fsp3) is 0.526. The van der Waals surface area contributed by atoms with Gasteiger partial charge in [-0.3, -0.25) is 4.79 Å². The lowest BCUT2D eigenvalue weighted by Gasteiger charge is -2.25. The number of aromatic nitrogens is 3. The number of aryl methyl sites for hydroxylation is 1. The standard InChI is InChI=1S/C19H24N4O2/c1-25-16-10-5-4-8-14(16)19(24)22-13-7-9-15(22)18-21-20-17-11-3-2-6-12-23(17)18/h4-5,8,10,15H,2-3,6-7,9,11-13H2,1H3. The van der Waals surface area contributed by atoms with E-state index in [2.05, 4.69) is 14.8 Å². The van der Waals surface area contributed by atoms with E-state index in [9.17, 15) is 4.79 Å². The van der Waals surface area contributed by atoms with Crippen LogP contribution in [0.4, 0.5) is 0 Å². The van der Waals surface area contributed by atoms with E-state index in [1.165, 1.54) is 12.8 Å². The topological polar surface area (TPSA) is 60.2 Å². The number of likely N-dealkylation sites (tertiary alicyclic amines) is 1. The first kappa shape index (κ1) is 16.1. The Hall–Kier alpha value is -2.37. The number of fused-ring (bicyclic) bond motifs is 1. The Bertz CT molecular complexity index is 771. The number of carbonyl (C=O) groups excluding carboxylic acids is 1. The van der Waals surface area contributed by atoms with E-state index in [-0.39, 0.29) is 11.9 Å². The van der Waals surface area contributed by atoms with Crippen molar-refractivity contribution in [3.63, 3.8) is 0 Å². The van der Waals surface area contributed by atoms with Gasteiger partial charge in [-0.05, 0) is 37.8 Å². The first-order valence-corrected chi connectivity index (χ1v) is 9.15. The maximum Gasteiger partial charge on any atom is 0.258 e. The van der Waals surface area contributed by atoms with Crippen molar-refractivity contribution >= 4 is 5.91 Å². The van der Waals surface area contributed by atoms with Crippen LogP contribution in [-0.2, 0) is 13.0 Å². The predicted molar refractivity (Wildman–Crippen MR) is 93.6 cm³/mol. The van der Waals surface area contributed by atoms with Crippen molar-refractivity contribution in [2.45, 2.75) is 51.1 Å². The van der Waals surface area contributed by atoms with Crippen LogP contribution < -0.4 is 4.74 Å². The molecule has 0 spiro atoms. The lowest BCUT2D eigenvalue weighted by molar-refractivity contribution is 0.0723. The summed E-state index contributed by atoms with van der Waals surface area (Å²) in [5, 5.41) is 8.89. The third-order valence-corrected chi connectivity index (χ3v) is 5.29. The van der Waals surface area contributed by atoms with Crippen LogP contribution in [0.2, 0.25) is 0 Å². The van der Waals surface area contributed by atoms with E-state index >= 15 is 0 Å². The molecule has 0 saturated carbocycles. The van der Waals surface area contributed by atoms with Gasteiger partial charge in [0.15, 0.2) is 5.82 Å². The molecular formula is C19H24N4O2. The predicted octanol–water partition coefficient (Wildman–Crippen LogP) is 2.99. The van der Waals surface area contributed by atoms with E-state index in [1.807, 2.05) is 29.2 Å². The zero-order valence-corrected chi connectivity index (χ0v) is 14.6. The summed E-state index contributed by atoms with van der Waals surface area (Å²) in [4.78, 5) is 15.1. The van der Waals surface area contributed by atoms with Crippen LogP contribution in [0.25, 0.3) is 0 Å². The molecule has 1 atom stereocenters. The van der Waals surface area contributed by atoms with E-state index in [0.717, 1.165) is 50.4 Å². The number of ether oxygens (including phenoxy) is 1. The second-order valence-corrected chi connectivity index (χ2v) is 6.79. The molecule has 6 nitrogen and oxygen atoms in total. The Labute approximate surface area is 147 Å². The highest BCUT2D eigenvalue weighted by atomic mass is 16.5. The zero-order valence-electron chi connectivity index (χ0n) is 14.6. The molecule has 0 aliphatic carbocycles. The minimum Gasteiger partial charge on any atom is -0.496 e. The van der Waals surface area contributed by atoms with Crippen LogP contribution in [0.1, 0.15) is 60.2 Å². The molecule has 1 aromatic heterocycles. The Morgan fingerprint density at radius 3 is 2.88 bits per heavy atom. The molecule has 2 aromatic rings. The summed E-state index contributed by atoms with van der Waals surface area (Å²) in [7, 11) is 1.60. The molecule has 2 aliphatic rings. The summed E-state index contributed by atoms with van der Waals surface area (Å²) < 4.78 is 7.63. The number of hydrogen-bond acceptors (Lipinski definition) is 4. The van der Waals surface area contributed by atoms with Crippen molar-refractivity contribution in [2.24, 2.45) is 0 Å². The normalized spacial score (nSPS) is 20.2. The first-order valence-electron chi connectivity index (χ1n) is 9.15. The Kier molecular flexibility index (Phi) is 4.42. The van der Waals surface area contributed by atoms with Gasteiger partial charge in [0.05, 0.1) is 18.7 Å². The smallest absolute Gasteiger partial charge is 0.258 e. The van der Waals surface area contributed by atoms with Gasteiger partial charge < -0.3 is 14.2 Å². The van der Waals surface area contributed by atoms with Crippen LogP contribution in [0.15, 0.2) is 24.3 Å². The summed E-state index contributed by atoms with van der Waals surface area (Å²) in [6, 6.07) is 7.44. The van der Waals surface area contributed by atoms with Crippen LogP contribution in [0.3, 0.4) is 0 Å². The van der Waals surface area contributed by atoms with Crippen LogP contribution >= 0.6 is 0 Å². The van der Waals surface area contributed by atoms with Crippen molar-refractivity contribution in [1.29, 1.82) is 0 Å². The van der Waals surface area contributed by atoms with Gasteiger partial charge in [-0.1, -0.05) is 18.6 Å². The zero-order chi connectivity index (χ0) is 17.2. The van der Waals surface area contributed by atoms with Crippen LogP contribution in [-0.4, -0.2) is 39.2 Å². The monoisotopic (exact) mass is 340 g/mol. The van der Waals surface area contributed by atoms with Gasteiger partial charge in [-0.2, -0.15) is 0 Å². The quantitative estimate of drug-likeness (QED) is 0.862. The molecule has 25 heavy (non-hydrogen) atoms. The number of nitrogens with zero attached hydrogens (tertiary/aromatic N) is 4. The number of rotatable bonds is 3. The van der Waals surface area contributed by atoms with Gasteiger partial charge in [0, 0.05) is 19.5 Å². The number of hydrogen-bond donors (Lipinski definition) is 0. The molecule has 3 heterocycles. The highest BCUT2D eigenvalue weighted by molar-refractivity contribution is 5.97. The van der Waals surface area contributed by atoms with E-state index in [4.69, 9.17) is 4.74 Å². The van der Waals surface area contributed by atoms with Crippen LogP contribution in [0, 0.1) is 0 Å². The highest BCUT2D eigenvalue weighted by Crippen LogP contribution is 2.34. The number of benzene rings is 1. The largest absolute Gasteiger partial charge is 0.496 e. The molecule has 6 heteroatoms. The molecule has 0 bridgehead atoms. The average Bonchev–Trinajstić information content (AvgIpc) is 3.22. The second-order valence-electron chi connectivity index (χ2n) is 6.79. The SMILES string of the molecule is COc1ccccc1C(=O)N1CCCC1c1nnc2n1CCCCC2. The van der Waals surface area contributed by atoms with Gasteiger partial charge in [0.2, 0.25) is 0 Å². The number of methoxy groups -OCH3 is 1. The van der Waals surface area contributed by atoms with Crippen molar-refractivity contribution < 1.29 is 9.53 Å². The van der Waals surface area contributed by atoms with E-state index < -0.39 is 0 Å². The minimum atomic E-state index is 0.0109. The molecule has 1 saturated heterocycles. The Balaban J connectivity index is 1.65. The Morgan fingerprint density at radius 1 is 1.12 bits per heavy atom. The first-order chi connectivity index (χ1) is 12.3. The van der Waals surface area contributed by atoms with Gasteiger partial charge in [-0.15, -0.1) is 10.2 Å². The fourth-order valence-corrected chi connectivity index (χ4v) is 4.01. The van der Waals surface area contributed by atoms with Gasteiger partial charge >= 0.3 is 0 Å². The van der Waals surface area contributed by atoms with Gasteiger partial charge in [0.1, 0.15) is 11.6 Å². The summed E-state index contributed by atoms with van der Waals surface area (Å²) in [6.45, 7) is 1.72. The molecule has 1 unspecified atom stereocenters. The van der Waals surface area contributed by atoms with Crippen molar-refractivity contribution in [1.82, 2.24) is 19.7 Å². The molecule has 0 N–H and O–H groups in total. The summed E-state index contributed by atoms with van der Waals surface area (Å²) in [5.41, 5.74) is 0.618. The van der Waals surface area contributed by atoms with E-state index in [0.29, 0.717) is 11.3 Å². The third-order valence-electron chi connectivity index (χ3n) is 5.29. The van der Waals surface area contributed by atoms with Crippen molar-refractivity contribution in [2.75, 3.05) is 13.7 Å². The molecule has 1 amide bonds.